The number of benzene rings is 1. The summed E-state index contributed by atoms with van der Waals surface area (Å²) in [5, 5.41) is 11.1. The van der Waals surface area contributed by atoms with Gasteiger partial charge < -0.3 is 5.11 Å². The Morgan fingerprint density at radius 2 is 2.00 bits per heavy atom. The second-order valence-electron chi connectivity index (χ2n) is 5.94. The molecule has 1 fully saturated rings. The molecular weight excluding hydrogens is 268 g/mol. The van der Waals surface area contributed by atoms with Crippen molar-refractivity contribution in [2.24, 2.45) is 0 Å². The van der Waals surface area contributed by atoms with Crippen molar-refractivity contribution in [3.8, 4) is 0 Å². The molecule has 20 heavy (non-hydrogen) atoms. The van der Waals surface area contributed by atoms with Crippen LogP contribution in [0.25, 0.3) is 0 Å². The van der Waals surface area contributed by atoms with Crippen molar-refractivity contribution in [3.63, 3.8) is 0 Å². The molecule has 6 heteroatoms. The number of hydrogen-bond donors (Lipinski definition) is 1. The number of nitrogens with zero attached hydrogens (tertiary/aromatic N) is 1. The molecule has 0 aromatic heterocycles. The Morgan fingerprint density at radius 1 is 1.30 bits per heavy atom. The van der Waals surface area contributed by atoms with Gasteiger partial charge in [0.25, 0.3) is 0 Å². The largest absolute Gasteiger partial charge is 0.392 e. The molecule has 0 spiro atoms. The van der Waals surface area contributed by atoms with Crippen LogP contribution in [0.15, 0.2) is 18.2 Å². The zero-order chi connectivity index (χ0) is 14.9. The smallest absolute Gasteiger partial charge is 0.128 e. The van der Waals surface area contributed by atoms with Crippen molar-refractivity contribution in [1.82, 2.24) is 5.06 Å². The van der Waals surface area contributed by atoms with Gasteiger partial charge in [0.15, 0.2) is 0 Å². The average Bonchev–Trinajstić information content (AvgIpc) is 2.70. The van der Waals surface area contributed by atoms with Crippen LogP contribution in [-0.4, -0.2) is 28.4 Å². The Kier molecular flexibility index (Phi) is 4.39. The highest BCUT2D eigenvalue weighted by Gasteiger charge is 2.36. The number of aliphatic hydroxyl groups is 1. The summed E-state index contributed by atoms with van der Waals surface area (Å²) in [7, 11) is 0. The van der Waals surface area contributed by atoms with Crippen molar-refractivity contribution in [2.45, 2.75) is 44.9 Å². The second kappa shape index (κ2) is 5.73. The molecule has 1 aliphatic rings. The molecule has 1 aromatic carbocycles. The first-order valence-corrected chi connectivity index (χ1v) is 6.52. The summed E-state index contributed by atoms with van der Waals surface area (Å²) >= 11 is 0. The molecule has 1 aromatic rings. The zero-order valence-corrected chi connectivity index (χ0v) is 11.8. The summed E-state index contributed by atoms with van der Waals surface area (Å²) in [5.74, 6) is -1.06. The van der Waals surface area contributed by atoms with Crippen molar-refractivity contribution in [3.05, 3.63) is 35.4 Å². The fraction of sp³-hybridized carbons (Fsp3) is 0.571. The van der Waals surface area contributed by atoms with Gasteiger partial charge in [-0.2, -0.15) is 0 Å². The molecule has 2 unspecified atom stereocenters. The van der Waals surface area contributed by atoms with Gasteiger partial charge >= 0.3 is 0 Å². The molecule has 1 aliphatic heterocycles. The van der Waals surface area contributed by atoms with E-state index in [1.807, 2.05) is 0 Å². The number of hydrogen-bond acceptors (Lipinski definition) is 4. The molecule has 0 saturated carbocycles. The summed E-state index contributed by atoms with van der Waals surface area (Å²) in [6.45, 7) is 5.59. The van der Waals surface area contributed by atoms with E-state index in [1.165, 1.54) is 5.06 Å². The fourth-order valence-corrected chi connectivity index (χ4v) is 2.08. The van der Waals surface area contributed by atoms with Crippen LogP contribution in [0.1, 0.15) is 38.8 Å². The molecule has 2 atom stereocenters. The molecule has 1 saturated heterocycles. The van der Waals surface area contributed by atoms with Crippen molar-refractivity contribution >= 4 is 0 Å². The lowest BCUT2D eigenvalue weighted by Gasteiger charge is -2.26. The minimum atomic E-state index is -0.675. The fourth-order valence-electron chi connectivity index (χ4n) is 2.08. The van der Waals surface area contributed by atoms with Crippen LogP contribution < -0.4 is 0 Å². The van der Waals surface area contributed by atoms with E-state index in [0.29, 0.717) is 0 Å². The molecule has 112 valence electrons. The van der Waals surface area contributed by atoms with E-state index in [-0.39, 0.29) is 18.5 Å². The molecule has 0 bridgehead atoms. The predicted octanol–water partition coefficient (Wildman–Crippen LogP) is 2.73. The molecule has 0 amide bonds. The van der Waals surface area contributed by atoms with E-state index in [0.717, 1.165) is 18.2 Å². The van der Waals surface area contributed by atoms with Gasteiger partial charge in [0.05, 0.1) is 24.3 Å². The van der Waals surface area contributed by atoms with E-state index in [4.69, 9.17) is 9.88 Å². The lowest BCUT2D eigenvalue weighted by molar-refractivity contribution is -0.466. The van der Waals surface area contributed by atoms with Crippen LogP contribution >= 0.6 is 0 Å². The maximum Gasteiger partial charge on any atom is 0.128 e. The van der Waals surface area contributed by atoms with E-state index in [1.54, 1.807) is 20.8 Å². The minimum Gasteiger partial charge on any atom is -0.392 e. The normalized spacial score (nSPS) is 24.3. The highest BCUT2D eigenvalue weighted by molar-refractivity contribution is 5.23. The maximum atomic E-state index is 13.8. The summed E-state index contributed by atoms with van der Waals surface area (Å²) in [6.07, 6.45) is -0.417. The standard InChI is InChI=1S/C14H19F2NO3/c1-14(2,3)19-20-17-8-10(18)7-13(17)11-6-9(15)4-5-12(11)16/h4-6,10,13,18H,7-8H2,1-3H3. The van der Waals surface area contributed by atoms with Crippen LogP contribution in [0.5, 0.6) is 0 Å². The topological polar surface area (TPSA) is 41.9 Å². The first kappa shape index (κ1) is 15.3. The highest BCUT2D eigenvalue weighted by atomic mass is 19.1. The first-order chi connectivity index (χ1) is 9.26. The van der Waals surface area contributed by atoms with E-state index < -0.39 is 29.4 Å². The van der Waals surface area contributed by atoms with E-state index in [2.05, 4.69) is 0 Å². The van der Waals surface area contributed by atoms with Crippen molar-refractivity contribution < 1.29 is 23.8 Å². The van der Waals surface area contributed by atoms with Gasteiger partial charge in [-0.1, -0.05) is 0 Å². The highest BCUT2D eigenvalue weighted by Crippen LogP contribution is 2.34. The van der Waals surface area contributed by atoms with Crippen LogP contribution in [0.4, 0.5) is 8.78 Å². The Labute approximate surface area is 116 Å². The minimum absolute atomic E-state index is 0.152. The third kappa shape index (κ3) is 3.73. The molecule has 0 aliphatic carbocycles. The molecule has 2 rings (SSSR count). The lowest BCUT2D eigenvalue weighted by atomic mass is 10.0. The van der Waals surface area contributed by atoms with Gasteiger partial charge in [-0.25, -0.2) is 13.7 Å². The van der Waals surface area contributed by atoms with E-state index >= 15 is 0 Å². The molecule has 1 N–H and O–H groups in total. The number of hydroxylamine groups is 2. The van der Waals surface area contributed by atoms with Gasteiger partial charge in [-0.3, -0.25) is 0 Å². The zero-order valence-electron chi connectivity index (χ0n) is 11.8. The molecular formula is C14H19F2NO3. The van der Waals surface area contributed by atoms with Gasteiger partial charge in [-0.05, 0) is 45.4 Å². The quantitative estimate of drug-likeness (QED) is 0.685. The van der Waals surface area contributed by atoms with Gasteiger partial charge in [-0.15, -0.1) is 10.1 Å². The lowest BCUT2D eigenvalue weighted by Crippen LogP contribution is -2.31. The summed E-state index contributed by atoms with van der Waals surface area (Å²) < 4.78 is 27.1. The van der Waals surface area contributed by atoms with Gasteiger partial charge in [0, 0.05) is 5.56 Å². The Morgan fingerprint density at radius 3 is 2.65 bits per heavy atom. The third-order valence-corrected chi connectivity index (χ3v) is 2.93. The van der Waals surface area contributed by atoms with Crippen molar-refractivity contribution in [2.75, 3.05) is 6.54 Å². The maximum absolute atomic E-state index is 13.8. The van der Waals surface area contributed by atoms with Gasteiger partial charge in [0.1, 0.15) is 11.6 Å². The third-order valence-electron chi connectivity index (χ3n) is 2.93. The average molecular weight is 287 g/mol. The Balaban J connectivity index is 2.17. The summed E-state index contributed by atoms with van der Waals surface area (Å²) in [4.78, 5) is 10.4. The number of aliphatic hydroxyl groups excluding tert-OH is 1. The predicted molar refractivity (Wildman–Crippen MR) is 68.4 cm³/mol. The molecule has 0 radical (unpaired) electrons. The van der Waals surface area contributed by atoms with Crippen LogP contribution in [0.2, 0.25) is 0 Å². The second-order valence-corrected chi connectivity index (χ2v) is 5.94. The van der Waals surface area contributed by atoms with Gasteiger partial charge in [0.2, 0.25) is 0 Å². The van der Waals surface area contributed by atoms with E-state index in [9.17, 15) is 13.9 Å². The van der Waals surface area contributed by atoms with Crippen LogP contribution in [0.3, 0.4) is 0 Å². The molecule has 1 heterocycles. The summed E-state index contributed by atoms with van der Waals surface area (Å²) in [6, 6.07) is 2.66. The number of rotatable bonds is 3. The van der Waals surface area contributed by atoms with Crippen LogP contribution in [0, 0.1) is 11.6 Å². The molecule has 4 nitrogen and oxygen atoms in total. The monoisotopic (exact) mass is 287 g/mol. The number of β-amino-alcohol motifs (C(OH)–C–C–N with tert-alkyl or cyclic N) is 1. The SMILES string of the molecule is CC(C)(C)OON1CC(O)CC1c1cc(F)ccc1F. The number of halogens is 2. The van der Waals surface area contributed by atoms with Crippen LogP contribution in [-0.2, 0) is 9.88 Å². The summed E-state index contributed by atoms with van der Waals surface area (Å²) in [5.41, 5.74) is -0.391. The Hall–Kier alpha value is -1.08. The first-order valence-electron chi connectivity index (χ1n) is 6.52. The van der Waals surface area contributed by atoms with Crippen molar-refractivity contribution in [1.29, 1.82) is 0 Å². The Bertz CT molecular complexity index is 476.